The summed E-state index contributed by atoms with van der Waals surface area (Å²) in [6.45, 7) is 0.680. The highest BCUT2D eigenvalue weighted by Gasteiger charge is 2.43. The lowest BCUT2D eigenvalue weighted by Gasteiger charge is -2.17. The van der Waals surface area contributed by atoms with E-state index in [1.807, 2.05) is 54.6 Å². The van der Waals surface area contributed by atoms with Crippen molar-refractivity contribution in [2.45, 2.75) is 24.7 Å². The number of rotatable bonds is 7. The molecule has 4 heteroatoms. The number of nitrogens with one attached hydrogen (secondary N) is 1. The van der Waals surface area contributed by atoms with Crippen LogP contribution in [0.15, 0.2) is 54.6 Å². The molecule has 1 fully saturated rings. The number of carbonyl (C=O) groups is 1. The highest BCUT2D eigenvalue weighted by atomic mass is 35.5. The first kappa shape index (κ1) is 17.0. The fourth-order valence-electron chi connectivity index (χ4n) is 3.19. The molecule has 1 amide bonds. The molecule has 2 aromatic rings. The first-order chi connectivity index (χ1) is 11.7. The van der Waals surface area contributed by atoms with E-state index in [4.69, 9.17) is 11.6 Å². The molecule has 3 nitrogen and oxygen atoms in total. The number of halogens is 1. The third-order valence-corrected chi connectivity index (χ3v) is 4.95. The van der Waals surface area contributed by atoms with Gasteiger partial charge in [0.15, 0.2) is 0 Å². The fraction of sp³-hybridized carbons (Fsp3) is 0.350. The summed E-state index contributed by atoms with van der Waals surface area (Å²) in [4.78, 5) is 12.4. The lowest BCUT2D eigenvalue weighted by molar-refractivity contribution is -0.122. The van der Waals surface area contributed by atoms with Crippen LogP contribution in [-0.2, 0) is 4.79 Å². The maximum Gasteiger partial charge on any atom is 0.223 e. The first-order valence-electron chi connectivity index (χ1n) is 8.38. The molecule has 1 aliphatic rings. The van der Waals surface area contributed by atoms with Gasteiger partial charge in [0.2, 0.25) is 5.91 Å². The van der Waals surface area contributed by atoms with Gasteiger partial charge >= 0.3 is 0 Å². The molecule has 0 heterocycles. The molecule has 0 saturated heterocycles. The zero-order chi connectivity index (χ0) is 16.9. The molecule has 0 aliphatic heterocycles. The van der Waals surface area contributed by atoms with E-state index in [0.29, 0.717) is 18.9 Å². The van der Waals surface area contributed by atoms with Gasteiger partial charge in [0.25, 0.3) is 0 Å². The van der Waals surface area contributed by atoms with Crippen LogP contribution in [0.25, 0.3) is 0 Å². The summed E-state index contributed by atoms with van der Waals surface area (Å²) in [5.41, 5.74) is 2.33. The average Bonchev–Trinajstić information content (AvgIpc) is 3.40. The van der Waals surface area contributed by atoms with Crippen LogP contribution >= 0.6 is 11.6 Å². The second-order valence-electron chi connectivity index (χ2n) is 6.37. The van der Waals surface area contributed by atoms with Gasteiger partial charge in [0.1, 0.15) is 0 Å². The highest BCUT2D eigenvalue weighted by Crippen LogP contribution is 2.47. The summed E-state index contributed by atoms with van der Waals surface area (Å²) in [6.07, 6.45) is 1.54. The van der Waals surface area contributed by atoms with Crippen LogP contribution < -0.4 is 5.32 Å². The second kappa shape index (κ2) is 7.82. The van der Waals surface area contributed by atoms with Crippen LogP contribution in [0.5, 0.6) is 0 Å². The Kier molecular flexibility index (Phi) is 5.54. The summed E-state index contributed by atoms with van der Waals surface area (Å²) in [6, 6.07) is 17.8. The quantitative estimate of drug-likeness (QED) is 0.804. The van der Waals surface area contributed by atoms with Crippen molar-refractivity contribution in [1.82, 2.24) is 5.32 Å². The minimum absolute atomic E-state index is 0.0525. The Morgan fingerprint density at radius 1 is 1.17 bits per heavy atom. The van der Waals surface area contributed by atoms with Crippen LogP contribution in [0.3, 0.4) is 0 Å². The molecule has 24 heavy (non-hydrogen) atoms. The number of benzene rings is 2. The van der Waals surface area contributed by atoms with E-state index in [0.717, 1.165) is 17.0 Å². The summed E-state index contributed by atoms with van der Waals surface area (Å²) in [7, 11) is 0. The Morgan fingerprint density at radius 2 is 1.88 bits per heavy atom. The SMILES string of the molecule is O=C(NCC(CCO)c1ccccc1)C1CC1c1ccc(Cl)cc1. The summed E-state index contributed by atoms with van der Waals surface area (Å²) < 4.78 is 0. The molecule has 3 unspecified atom stereocenters. The topological polar surface area (TPSA) is 49.3 Å². The van der Waals surface area contributed by atoms with Crippen molar-refractivity contribution in [1.29, 1.82) is 0 Å². The molecule has 2 aromatic carbocycles. The Balaban J connectivity index is 1.54. The van der Waals surface area contributed by atoms with Gasteiger partial charge in [-0.3, -0.25) is 4.79 Å². The lowest BCUT2D eigenvalue weighted by atomic mass is 9.96. The molecular weight excluding hydrogens is 322 g/mol. The van der Waals surface area contributed by atoms with Crippen LogP contribution in [0.2, 0.25) is 5.02 Å². The second-order valence-corrected chi connectivity index (χ2v) is 6.80. The van der Waals surface area contributed by atoms with Crippen LogP contribution in [0.1, 0.15) is 35.8 Å². The van der Waals surface area contributed by atoms with Gasteiger partial charge in [-0.05, 0) is 42.0 Å². The standard InChI is InChI=1S/C20H22ClNO2/c21-17-8-6-15(7-9-17)18-12-19(18)20(24)22-13-16(10-11-23)14-4-2-1-3-5-14/h1-9,16,18-19,23H,10-13H2,(H,22,24). The van der Waals surface area contributed by atoms with Gasteiger partial charge in [0.05, 0.1) is 0 Å². The number of amides is 1. The maximum absolute atomic E-state index is 12.4. The molecule has 1 saturated carbocycles. The molecule has 0 bridgehead atoms. The van der Waals surface area contributed by atoms with Crippen LogP contribution in [0, 0.1) is 5.92 Å². The number of hydrogen-bond acceptors (Lipinski definition) is 2. The highest BCUT2D eigenvalue weighted by molar-refractivity contribution is 6.30. The monoisotopic (exact) mass is 343 g/mol. The van der Waals surface area contributed by atoms with Gasteiger partial charge < -0.3 is 10.4 Å². The Labute approximate surface area is 147 Å². The van der Waals surface area contributed by atoms with Crippen molar-refractivity contribution in [2.24, 2.45) is 5.92 Å². The summed E-state index contributed by atoms with van der Waals surface area (Å²) in [5.74, 6) is 0.605. The lowest BCUT2D eigenvalue weighted by Crippen LogP contribution is -2.30. The van der Waals surface area contributed by atoms with E-state index < -0.39 is 0 Å². The van der Waals surface area contributed by atoms with Crippen LogP contribution in [0.4, 0.5) is 0 Å². The Morgan fingerprint density at radius 3 is 2.54 bits per heavy atom. The van der Waals surface area contributed by atoms with Crippen molar-refractivity contribution in [3.63, 3.8) is 0 Å². The van der Waals surface area contributed by atoms with E-state index in [1.165, 1.54) is 5.56 Å². The fourth-order valence-corrected chi connectivity index (χ4v) is 3.31. The first-order valence-corrected chi connectivity index (χ1v) is 8.76. The number of hydrogen-bond donors (Lipinski definition) is 2. The minimum atomic E-state index is 0.0525. The van der Waals surface area contributed by atoms with Crippen molar-refractivity contribution in [3.05, 3.63) is 70.7 Å². The third-order valence-electron chi connectivity index (χ3n) is 4.70. The smallest absolute Gasteiger partial charge is 0.223 e. The van der Waals surface area contributed by atoms with Gasteiger partial charge in [-0.25, -0.2) is 0 Å². The third kappa shape index (κ3) is 4.16. The Bertz CT molecular complexity index is 672. The largest absolute Gasteiger partial charge is 0.396 e. The predicted octanol–water partition coefficient (Wildman–Crippen LogP) is 3.73. The van der Waals surface area contributed by atoms with E-state index >= 15 is 0 Å². The molecule has 3 atom stereocenters. The molecular formula is C20H22ClNO2. The average molecular weight is 344 g/mol. The molecule has 1 aliphatic carbocycles. The minimum Gasteiger partial charge on any atom is -0.396 e. The van der Waals surface area contributed by atoms with Crippen molar-refractivity contribution < 1.29 is 9.90 Å². The van der Waals surface area contributed by atoms with Gasteiger partial charge in [-0.2, -0.15) is 0 Å². The normalized spacial score (nSPS) is 20.4. The van der Waals surface area contributed by atoms with Gasteiger partial charge in [-0.1, -0.05) is 54.1 Å². The maximum atomic E-state index is 12.4. The van der Waals surface area contributed by atoms with Gasteiger partial charge in [0, 0.05) is 30.0 Å². The number of aliphatic hydroxyl groups excluding tert-OH is 1. The number of aliphatic hydroxyl groups is 1. The van der Waals surface area contributed by atoms with Crippen LogP contribution in [-0.4, -0.2) is 24.2 Å². The van der Waals surface area contributed by atoms with E-state index in [2.05, 4.69) is 5.32 Å². The molecule has 0 radical (unpaired) electrons. The zero-order valence-electron chi connectivity index (χ0n) is 13.5. The molecule has 0 spiro atoms. The predicted molar refractivity (Wildman–Crippen MR) is 96.2 cm³/mol. The van der Waals surface area contributed by atoms with E-state index in [1.54, 1.807) is 0 Å². The van der Waals surface area contributed by atoms with E-state index in [9.17, 15) is 9.90 Å². The van der Waals surface area contributed by atoms with Crippen molar-refractivity contribution in [2.75, 3.05) is 13.2 Å². The molecule has 126 valence electrons. The van der Waals surface area contributed by atoms with Gasteiger partial charge in [-0.15, -0.1) is 0 Å². The van der Waals surface area contributed by atoms with E-state index in [-0.39, 0.29) is 24.3 Å². The molecule has 0 aromatic heterocycles. The Hall–Kier alpha value is -1.84. The molecule has 2 N–H and O–H groups in total. The van der Waals surface area contributed by atoms with Crippen molar-refractivity contribution in [3.8, 4) is 0 Å². The molecule has 3 rings (SSSR count). The zero-order valence-corrected chi connectivity index (χ0v) is 14.2. The van der Waals surface area contributed by atoms with Crippen molar-refractivity contribution >= 4 is 17.5 Å². The summed E-state index contributed by atoms with van der Waals surface area (Å²) >= 11 is 5.91. The summed E-state index contributed by atoms with van der Waals surface area (Å²) in [5, 5.41) is 13.1. The number of carbonyl (C=O) groups excluding carboxylic acids is 1.